The smallest absolute Gasteiger partial charge is 0.223 e. The Morgan fingerprint density at radius 1 is 0.960 bits per heavy atom. The van der Waals surface area contributed by atoms with Gasteiger partial charge in [0.1, 0.15) is 0 Å². The van der Waals surface area contributed by atoms with Crippen LogP contribution in [0.1, 0.15) is 57.8 Å². The maximum absolute atomic E-state index is 13.0. The highest BCUT2D eigenvalue weighted by molar-refractivity contribution is 7.92. The molecular formula is C20H27NO3S. The van der Waals surface area contributed by atoms with E-state index in [1.807, 2.05) is 6.07 Å². The minimum atomic E-state index is -3.30. The van der Waals surface area contributed by atoms with Crippen LogP contribution in [0.3, 0.4) is 0 Å². The van der Waals surface area contributed by atoms with E-state index in [4.69, 9.17) is 0 Å². The first kappa shape index (κ1) is 17.1. The summed E-state index contributed by atoms with van der Waals surface area (Å²) < 4.78 is 25.9. The first-order valence-corrected chi connectivity index (χ1v) is 11.2. The molecule has 1 aromatic carbocycles. The summed E-state index contributed by atoms with van der Waals surface area (Å²) in [5.74, 6) is 0.827. The summed E-state index contributed by atoms with van der Waals surface area (Å²) in [6, 6.07) is 9.02. The summed E-state index contributed by atoms with van der Waals surface area (Å²) in [6.07, 6.45) is 8.66. The van der Waals surface area contributed by atoms with Gasteiger partial charge in [0, 0.05) is 18.5 Å². The van der Waals surface area contributed by atoms with Crippen molar-refractivity contribution in [2.24, 2.45) is 5.92 Å². The number of fused-ring (bicyclic) bond motifs is 2. The minimum Gasteiger partial charge on any atom is -0.337 e. The lowest BCUT2D eigenvalue weighted by Gasteiger charge is -2.39. The van der Waals surface area contributed by atoms with Gasteiger partial charge in [0.05, 0.1) is 10.1 Å². The van der Waals surface area contributed by atoms with Crippen molar-refractivity contribution in [3.63, 3.8) is 0 Å². The van der Waals surface area contributed by atoms with Gasteiger partial charge in [-0.25, -0.2) is 8.42 Å². The van der Waals surface area contributed by atoms with Gasteiger partial charge in [-0.3, -0.25) is 4.79 Å². The van der Waals surface area contributed by atoms with Crippen LogP contribution in [0, 0.1) is 5.92 Å². The maximum atomic E-state index is 13.0. The topological polar surface area (TPSA) is 54.5 Å². The molecular weight excluding hydrogens is 334 g/mol. The molecule has 2 atom stereocenters. The quantitative estimate of drug-likeness (QED) is 0.824. The number of hydrogen-bond donors (Lipinski definition) is 0. The third kappa shape index (κ3) is 3.23. The Morgan fingerprint density at radius 2 is 1.56 bits per heavy atom. The van der Waals surface area contributed by atoms with Crippen LogP contribution in [0.5, 0.6) is 0 Å². The van der Waals surface area contributed by atoms with Crippen molar-refractivity contribution >= 4 is 15.7 Å². The van der Waals surface area contributed by atoms with Crippen molar-refractivity contribution in [1.82, 2.24) is 4.90 Å². The first-order chi connectivity index (χ1) is 12.1. The molecule has 0 spiro atoms. The number of nitrogens with zero attached hydrogens (tertiary/aromatic N) is 1. The average Bonchev–Trinajstić information content (AvgIpc) is 3.21. The van der Waals surface area contributed by atoms with Crippen LogP contribution in [0.25, 0.3) is 0 Å². The Hall–Kier alpha value is -1.36. The lowest BCUT2D eigenvalue weighted by molar-refractivity contribution is -0.136. The standard InChI is InChI=1S/C20H27NO3S/c22-20(12-15-6-4-5-7-15)21-16-10-11-17(21)14-19(13-16)25(23,24)18-8-2-1-3-9-18/h1-3,8-9,15-17,19H,4-7,10-14H2. The normalized spacial score (nSPS) is 29.9. The van der Waals surface area contributed by atoms with E-state index in [-0.39, 0.29) is 23.2 Å². The highest BCUT2D eigenvalue weighted by Gasteiger charge is 2.47. The van der Waals surface area contributed by atoms with E-state index < -0.39 is 9.84 Å². The number of amides is 1. The van der Waals surface area contributed by atoms with Crippen LogP contribution >= 0.6 is 0 Å². The molecule has 3 aliphatic rings. The molecule has 5 heteroatoms. The molecule has 25 heavy (non-hydrogen) atoms. The van der Waals surface area contributed by atoms with E-state index in [0.29, 0.717) is 30.1 Å². The van der Waals surface area contributed by atoms with E-state index in [1.165, 1.54) is 25.7 Å². The Kier molecular flexibility index (Phi) is 4.61. The number of rotatable bonds is 4. The Balaban J connectivity index is 1.47. The van der Waals surface area contributed by atoms with E-state index in [0.717, 1.165) is 12.8 Å². The summed E-state index contributed by atoms with van der Waals surface area (Å²) in [5, 5.41) is -0.345. The van der Waals surface area contributed by atoms with E-state index in [9.17, 15) is 13.2 Å². The second-order valence-electron chi connectivity index (χ2n) is 7.99. The molecule has 2 bridgehead atoms. The monoisotopic (exact) mass is 361 g/mol. The van der Waals surface area contributed by atoms with Crippen molar-refractivity contribution in [1.29, 1.82) is 0 Å². The molecule has 0 aromatic heterocycles. The fourth-order valence-electron chi connectivity index (χ4n) is 5.16. The number of benzene rings is 1. The zero-order chi connectivity index (χ0) is 17.4. The van der Waals surface area contributed by atoms with Crippen molar-refractivity contribution < 1.29 is 13.2 Å². The van der Waals surface area contributed by atoms with Crippen LogP contribution < -0.4 is 0 Å². The molecule has 2 heterocycles. The van der Waals surface area contributed by atoms with Gasteiger partial charge in [-0.15, -0.1) is 0 Å². The SMILES string of the molecule is O=C(CC1CCCC1)N1C2CCC1CC(S(=O)(=O)c1ccccc1)C2. The van der Waals surface area contributed by atoms with Gasteiger partial charge in [-0.2, -0.15) is 0 Å². The third-order valence-electron chi connectivity index (χ3n) is 6.43. The Bertz CT molecular complexity index is 711. The van der Waals surface area contributed by atoms with E-state index >= 15 is 0 Å². The zero-order valence-corrected chi connectivity index (χ0v) is 15.5. The van der Waals surface area contributed by atoms with Gasteiger partial charge in [0.2, 0.25) is 5.91 Å². The molecule has 4 rings (SSSR count). The highest BCUT2D eigenvalue weighted by atomic mass is 32.2. The molecule has 0 radical (unpaired) electrons. The number of hydrogen-bond acceptors (Lipinski definition) is 3. The molecule has 2 aliphatic heterocycles. The molecule has 2 saturated heterocycles. The fourth-order valence-corrected chi connectivity index (χ4v) is 7.03. The number of sulfone groups is 1. The van der Waals surface area contributed by atoms with Crippen molar-refractivity contribution in [2.75, 3.05) is 0 Å². The molecule has 1 saturated carbocycles. The summed E-state index contributed by atoms with van der Waals surface area (Å²) >= 11 is 0. The van der Waals surface area contributed by atoms with Crippen molar-refractivity contribution in [2.45, 2.75) is 80.0 Å². The molecule has 0 N–H and O–H groups in total. The van der Waals surface area contributed by atoms with Gasteiger partial charge < -0.3 is 4.90 Å². The zero-order valence-electron chi connectivity index (χ0n) is 14.6. The second kappa shape index (κ2) is 6.75. The molecule has 136 valence electrons. The number of carbonyl (C=O) groups excluding carboxylic acids is 1. The minimum absolute atomic E-state index is 0.121. The van der Waals surface area contributed by atoms with E-state index in [2.05, 4.69) is 4.90 Å². The predicted octanol–water partition coefficient (Wildman–Crippen LogP) is 3.56. The van der Waals surface area contributed by atoms with Crippen LogP contribution in [0.15, 0.2) is 35.2 Å². The van der Waals surface area contributed by atoms with Crippen molar-refractivity contribution in [3.8, 4) is 0 Å². The van der Waals surface area contributed by atoms with Gasteiger partial charge in [0.25, 0.3) is 0 Å². The third-order valence-corrected chi connectivity index (χ3v) is 8.62. The average molecular weight is 362 g/mol. The summed E-state index contributed by atoms with van der Waals surface area (Å²) in [7, 11) is -3.30. The predicted molar refractivity (Wildman–Crippen MR) is 96.9 cm³/mol. The van der Waals surface area contributed by atoms with Crippen LogP contribution in [0.2, 0.25) is 0 Å². The largest absolute Gasteiger partial charge is 0.337 e. The van der Waals surface area contributed by atoms with Crippen LogP contribution in [-0.2, 0) is 14.6 Å². The Labute approximate surface area is 150 Å². The second-order valence-corrected chi connectivity index (χ2v) is 10.2. The first-order valence-electron chi connectivity index (χ1n) is 9.66. The van der Waals surface area contributed by atoms with Gasteiger partial charge in [-0.1, -0.05) is 31.0 Å². The summed E-state index contributed by atoms with van der Waals surface area (Å²) in [6.45, 7) is 0. The van der Waals surface area contributed by atoms with Crippen LogP contribution in [0.4, 0.5) is 0 Å². The number of carbonyl (C=O) groups is 1. The molecule has 1 aromatic rings. The molecule has 1 amide bonds. The fraction of sp³-hybridized carbons (Fsp3) is 0.650. The van der Waals surface area contributed by atoms with Gasteiger partial charge in [0.15, 0.2) is 9.84 Å². The van der Waals surface area contributed by atoms with Crippen molar-refractivity contribution in [3.05, 3.63) is 30.3 Å². The highest BCUT2D eigenvalue weighted by Crippen LogP contribution is 2.41. The summed E-state index contributed by atoms with van der Waals surface area (Å²) in [4.78, 5) is 15.3. The van der Waals surface area contributed by atoms with E-state index in [1.54, 1.807) is 24.3 Å². The van der Waals surface area contributed by atoms with Gasteiger partial charge >= 0.3 is 0 Å². The molecule has 4 nitrogen and oxygen atoms in total. The maximum Gasteiger partial charge on any atom is 0.223 e. The van der Waals surface area contributed by atoms with Gasteiger partial charge in [-0.05, 0) is 56.6 Å². The Morgan fingerprint density at radius 3 is 2.16 bits per heavy atom. The lowest BCUT2D eigenvalue weighted by atomic mass is 9.98. The lowest BCUT2D eigenvalue weighted by Crippen LogP contribution is -2.50. The van der Waals surface area contributed by atoms with Crippen LogP contribution in [-0.4, -0.2) is 36.6 Å². The molecule has 3 fully saturated rings. The molecule has 2 unspecified atom stereocenters. The number of piperidine rings is 1. The summed E-state index contributed by atoms with van der Waals surface area (Å²) in [5.41, 5.74) is 0. The molecule has 1 aliphatic carbocycles.